The van der Waals surface area contributed by atoms with Crippen LogP contribution in [0.5, 0.6) is 0 Å². The molecule has 19 heavy (non-hydrogen) atoms. The first-order chi connectivity index (χ1) is 9.13. The molecule has 0 N–H and O–H groups in total. The Morgan fingerprint density at radius 2 is 2.11 bits per heavy atom. The van der Waals surface area contributed by atoms with Crippen LogP contribution in [-0.2, 0) is 4.79 Å². The number of aromatic nitrogens is 2. The summed E-state index contributed by atoms with van der Waals surface area (Å²) in [5, 5.41) is 3.85. The van der Waals surface area contributed by atoms with Crippen LogP contribution < -0.4 is 4.90 Å². The van der Waals surface area contributed by atoms with Gasteiger partial charge >= 0.3 is 0 Å². The van der Waals surface area contributed by atoms with E-state index in [9.17, 15) is 9.18 Å². The third-order valence-corrected chi connectivity index (χ3v) is 3.17. The number of halogens is 1. The maximum Gasteiger partial charge on any atom is 0.227 e. The highest BCUT2D eigenvalue weighted by Gasteiger charge is 2.34. The van der Waals surface area contributed by atoms with Crippen molar-refractivity contribution in [2.75, 3.05) is 11.4 Å². The topological polar surface area (TPSA) is 59.2 Å². The van der Waals surface area contributed by atoms with Gasteiger partial charge in [0.25, 0.3) is 0 Å². The summed E-state index contributed by atoms with van der Waals surface area (Å²) in [5.41, 5.74) is 0.689. The lowest BCUT2D eigenvalue weighted by atomic mass is 10.1. The van der Waals surface area contributed by atoms with Gasteiger partial charge in [-0.1, -0.05) is 5.16 Å². The number of hydrogen-bond acceptors (Lipinski definition) is 4. The summed E-state index contributed by atoms with van der Waals surface area (Å²) in [6.45, 7) is 2.20. The van der Waals surface area contributed by atoms with Gasteiger partial charge in [-0.05, 0) is 24.3 Å². The summed E-state index contributed by atoms with van der Waals surface area (Å²) < 4.78 is 17.8. The van der Waals surface area contributed by atoms with E-state index in [1.54, 1.807) is 24.0 Å². The quantitative estimate of drug-likeness (QED) is 0.830. The summed E-state index contributed by atoms with van der Waals surface area (Å²) in [6.07, 6.45) is 0.344. The number of amides is 1. The van der Waals surface area contributed by atoms with Crippen LogP contribution in [0.1, 0.15) is 24.1 Å². The summed E-state index contributed by atoms with van der Waals surface area (Å²) in [4.78, 5) is 17.8. The Labute approximate surface area is 109 Å². The van der Waals surface area contributed by atoms with Crippen molar-refractivity contribution in [3.8, 4) is 0 Å². The molecule has 3 rings (SSSR count). The van der Waals surface area contributed by atoms with Crippen LogP contribution in [0.25, 0.3) is 0 Å². The molecule has 1 aromatic carbocycles. The lowest BCUT2D eigenvalue weighted by molar-refractivity contribution is -0.117. The fourth-order valence-corrected chi connectivity index (χ4v) is 2.23. The molecule has 1 aromatic heterocycles. The predicted octanol–water partition coefficient (Wildman–Crippen LogP) is 2.04. The highest BCUT2D eigenvalue weighted by atomic mass is 19.1. The first-order valence-electron chi connectivity index (χ1n) is 5.99. The first kappa shape index (κ1) is 11.8. The Morgan fingerprint density at radius 3 is 2.74 bits per heavy atom. The largest absolute Gasteiger partial charge is 0.340 e. The minimum absolute atomic E-state index is 0.0148. The van der Waals surface area contributed by atoms with Crippen LogP contribution >= 0.6 is 0 Å². The summed E-state index contributed by atoms with van der Waals surface area (Å²) in [5.74, 6) is 0.632. The van der Waals surface area contributed by atoms with Gasteiger partial charge in [0.15, 0.2) is 5.82 Å². The average Bonchev–Trinajstić information content (AvgIpc) is 2.97. The zero-order chi connectivity index (χ0) is 13.4. The minimum atomic E-state index is -0.319. The summed E-state index contributed by atoms with van der Waals surface area (Å²) in [7, 11) is 0. The van der Waals surface area contributed by atoms with Gasteiger partial charge in [0, 0.05) is 31.5 Å². The van der Waals surface area contributed by atoms with Gasteiger partial charge in [0.05, 0.1) is 0 Å². The number of anilines is 1. The van der Waals surface area contributed by atoms with Gasteiger partial charge < -0.3 is 9.42 Å². The number of carbonyl (C=O) groups excluding carboxylic acids is 1. The fraction of sp³-hybridized carbons (Fsp3) is 0.308. The molecular weight excluding hydrogens is 249 g/mol. The van der Waals surface area contributed by atoms with Crippen molar-refractivity contribution < 1.29 is 13.7 Å². The molecule has 0 bridgehead atoms. The van der Waals surface area contributed by atoms with Crippen LogP contribution in [-0.4, -0.2) is 22.6 Å². The zero-order valence-electron chi connectivity index (χ0n) is 10.3. The Hall–Kier alpha value is -2.24. The number of nitrogens with zero attached hydrogens (tertiary/aromatic N) is 3. The standard InChI is InChI=1S/C13H12FN3O2/c1-8-15-13(16-19-8)9-6-12(18)17(7-9)11-4-2-10(14)3-5-11/h2-5,9H,6-7H2,1H3. The maximum absolute atomic E-state index is 12.9. The maximum atomic E-state index is 12.9. The van der Waals surface area contributed by atoms with Gasteiger partial charge in [-0.15, -0.1) is 0 Å². The zero-order valence-corrected chi connectivity index (χ0v) is 10.3. The van der Waals surface area contributed by atoms with E-state index in [-0.39, 0.29) is 17.6 Å². The van der Waals surface area contributed by atoms with Gasteiger partial charge in [0.1, 0.15) is 5.82 Å². The molecule has 1 atom stereocenters. The lowest BCUT2D eigenvalue weighted by Crippen LogP contribution is -2.24. The van der Waals surface area contributed by atoms with E-state index in [4.69, 9.17) is 4.52 Å². The van der Waals surface area contributed by atoms with Crippen LogP contribution in [0.4, 0.5) is 10.1 Å². The Kier molecular flexibility index (Phi) is 2.77. The van der Waals surface area contributed by atoms with Gasteiger partial charge in [0.2, 0.25) is 11.8 Å². The van der Waals surface area contributed by atoms with E-state index in [0.717, 1.165) is 0 Å². The smallest absolute Gasteiger partial charge is 0.227 e. The van der Waals surface area contributed by atoms with Crippen LogP contribution in [0.15, 0.2) is 28.8 Å². The molecule has 0 radical (unpaired) electrons. The number of hydrogen-bond donors (Lipinski definition) is 0. The molecule has 0 saturated carbocycles. The van der Waals surface area contributed by atoms with Crippen molar-refractivity contribution in [3.05, 3.63) is 41.8 Å². The van der Waals surface area contributed by atoms with E-state index in [1.165, 1.54) is 12.1 Å². The van der Waals surface area contributed by atoms with E-state index >= 15 is 0 Å². The minimum Gasteiger partial charge on any atom is -0.340 e. The Bertz CT molecular complexity index is 609. The second-order valence-electron chi connectivity index (χ2n) is 4.55. The summed E-state index contributed by atoms with van der Waals surface area (Å²) >= 11 is 0. The molecule has 1 unspecified atom stereocenters. The van der Waals surface area contributed by atoms with E-state index in [2.05, 4.69) is 10.1 Å². The van der Waals surface area contributed by atoms with Gasteiger partial charge in [-0.25, -0.2) is 4.39 Å². The molecule has 1 amide bonds. The number of rotatable bonds is 2. The number of aryl methyl sites for hydroxylation is 1. The molecule has 1 aliphatic rings. The average molecular weight is 261 g/mol. The van der Waals surface area contributed by atoms with Crippen LogP contribution in [0.3, 0.4) is 0 Å². The monoisotopic (exact) mass is 261 g/mol. The van der Waals surface area contributed by atoms with Crippen molar-refractivity contribution >= 4 is 11.6 Å². The Balaban J connectivity index is 1.82. The van der Waals surface area contributed by atoms with Gasteiger partial charge in [-0.3, -0.25) is 4.79 Å². The number of benzene rings is 1. The molecule has 1 aliphatic heterocycles. The molecule has 0 aliphatic carbocycles. The van der Waals surface area contributed by atoms with Gasteiger partial charge in [-0.2, -0.15) is 4.98 Å². The van der Waals surface area contributed by atoms with E-state index < -0.39 is 0 Å². The Morgan fingerprint density at radius 1 is 1.37 bits per heavy atom. The highest BCUT2D eigenvalue weighted by Crippen LogP contribution is 2.30. The molecule has 1 fully saturated rings. The SMILES string of the molecule is Cc1nc(C2CC(=O)N(c3ccc(F)cc3)C2)no1. The van der Waals surface area contributed by atoms with E-state index in [0.29, 0.717) is 30.4 Å². The molecular formula is C13H12FN3O2. The normalized spacial score (nSPS) is 19.2. The summed E-state index contributed by atoms with van der Waals surface area (Å²) in [6, 6.07) is 5.87. The van der Waals surface area contributed by atoms with Crippen LogP contribution in [0.2, 0.25) is 0 Å². The highest BCUT2D eigenvalue weighted by molar-refractivity contribution is 5.96. The van der Waals surface area contributed by atoms with Crippen molar-refractivity contribution in [1.82, 2.24) is 10.1 Å². The first-order valence-corrected chi connectivity index (χ1v) is 5.99. The third kappa shape index (κ3) is 2.21. The molecule has 0 spiro atoms. The van der Waals surface area contributed by atoms with Crippen molar-refractivity contribution in [2.24, 2.45) is 0 Å². The van der Waals surface area contributed by atoms with Crippen LogP contribution in [0, 0.1) is 12.7 Å². The molecule has 2 aromatic rings. The molecule has 6 heteroatoms. The second-order valence-corrected chi connectivity index (χ2v) is 4.55. The van der Waals surface area contributed by atoms with E-state index in [1.807, 2.05) is 0 Å². The third-order valence-electron chi connectivity index (χ3n) is 3.17. The predicted molar refractivity (Wildman–Crippen MR) is 65.1 cm³/mol. The molecule has 2 heterocycles. The fourth-order valence-electron chi connectivity index (χ4n) is 2.23. The number of carbonyl (C=O) groups is 1. The lowest BCUT2D eigenvalue weighted by Gasteiger charge is -2.15. The van der Waals surface area contributed by atoms with Crippen molar-refractivity contribution in [3.63, 3.8) is 0 Å². The molecule has 1 saturated heterocycles. The molecule has 5 nitrogen and oxygen atoms in total. The molecule has 98 valence electrons. The van der Waals surface area contributed by atoms with Crippen molar-refractivity contribution in [1.29, 1.82) is 0 Å². The second kappa shape index (κ2) is 4.46. The van der Waals surface area contributed by atoms with Crippen molar-refractivity contribution in [2.45, 2.75) is 19.3 Å².